The van der Waals surface area contributed by atoms with E-state index in [0.717, 1.165) is 16.3 Å². The predicted molar refractivity (Wildman–Crippen MR) is 115 cm³/mol. The number of rotatable bonds is 7. The fraction of sp³-hybridized carbons (Fsp3) is 0.286. The third-order valence-corrected chi connectivity index (χ3v) is 5.52. The highest BCUT2D eigenvalue weighted by atomic mass is 32.1. The van der Waals surface area contributed by atoms with E-state index in [9.17, 15) is 22.8 Å². The summed E-state index contributed by atoms with van der Waals surface area (Å²) in [6, 6.07) is 12.3. The summed E-state index contributed by atoms with van der Waals surface area (Å²) in [5, 5.41) is 2.84. The number of thiazole rings is 1. The monoisotopic (exact) mass is 450 g/mol. The molecule has 1 aromatic heterocycles. The zero-order valence-electron chi connectivity index (χ0n) is 16.9. The van der Waals surface area contributed by atoms with Crippen LogP contribution in [0.2, 0.25) is 0 Å². The molecule has 0 saturated heterocycles. The van der Waals surface area contributed by atoms with E-state index >= 15 is 0 Å². The van der Waals surface area contributed by atoms with Gasteiger partial charge in [-0.3, -0.25) is 19.4 Å². The van der Waals surface area contributed by atoms with Crippen LogP contribution in [0, 0.1) is 0 Å². The molecule has 0 saturated carbocycles. The largest absolute Gasteiger partial charge is 0.418 e. The quantitative estimate of drug-likeness (QED) is 0.585. The number of fused-ring (bicyclic) bond motifs is 1. The van der Waals surface area contributed by atoms with Gasteiger partial charge in [-0.05, 0) is 38.2 Å². The Morgan fingerprint density at radius 2 is 1.74 bits per heavy atom. The molecule has 2 aromatic carbocycles. The summed E-state index contributed by atoms with van der Waals surface area (Å²) in [6.07, 6.45) is -4.58. The second kappa shape index (κ2) is 9.44. The van der Waals surface area contributed by atoms with E-state index in [0.29, 0.717) is 11.7 Å². The molecule has 0 bridgehead atoms. The summed E-state index contributed by atoms with van der Waals surface area (Å²) in [5.41, 5.74) is -0.440. The highest BCUT2D eigenvalue weighted by Gasteiger charge is 2.33. The van der Waals surface area contributed by atoms with Gasteiger partial charge in [0, 0.05) is 6.54 Å². The van der Waals surface area contributed by atoms with Crippen molar-refractivity contribution >= 4 is 44.2 Å². The van der Waals surface area contributed by atoms with Crippen molar-refractivity contribution in [1.82, 2.24) is 9.88 Å². The molecule has 31 heavy (non-hydrogen) atoms. The number of carbonyl (C=O) groups excluding carboxylic acids is 2. The molecule has 0 fully saturated rings. The molecule has 0 aliphatic carbocycles. The number of benzene rings is 2. The molecule has 0 aliphatic heterocycles. The molecule has 3 rings (SSSR count). The maximum atomic E-state index is 13.1. The summed E-state index contributed by atoms with van der Waals surface area (Å²) >= 11 is 1.39. The number of hydrogen-bond donors (Lipinski definition) is 1. The van der Waals surface area contributed by atoms with Crippen molar-refractivity contribution in [3.63, 3.8) is 0 Å². The molecule has 2 amide bonds. The van der Waals surface area contributed by atoms with Gasteiger partial charge in [0.15, 0.2) is 5.13 Å². The van der Waals surface area contributed by atoms with Crippen molar-refractivity contribution in [2.45, 2.75) is 13.1 Å². The minimum absolute atomic E-state index is 0.0852. The van der Waals surface area contributed by atoms with Gasteiger partial charge in [0.1, 0.15) is 0 Å². The maximum absolute atomic E-state index is 13.1. The number of nitrogens with zero attached hydrogens (tertiary/aromatic N) is 3. The van der Waals surface area contributed by atoms with E-state index < -0.39 is 17.6 Å². The Morgan fingerprint density at radius 1 is 1.06 bits per heavy atom. The van der Waals surface area contributed by atoms with Gasteiger partial charge in [-0.2, -0.15) is 13.2 Å². The number of amides is 2. The highest BCUT2D eigenvalue weighted by Crippen LogP contribution is 2.34. The van der Waals surface area contributed by atoms with Crippen LogP contribution in [0.4, 0.5) is 24.0 Å². The number of aromatic nitrogens is 1. The lowest BCUT2D eigenvalue weighted by Gasteiger charge is -2.22. The SMILES string of the molecule is CCN(C(=O)CN(C)CC(=O)Nc1ccccc1C(F)(F)F)c1nc2ccccc2s1. The molecule has 0 aliphatic rings. The van der Waals surface area contributed by atoms with Crippen molar-refractivity contribution in [3.05, 3.63) is 54.1 Å². The topological polar surface area (TPSA) is 65.5 Å². The number of likely N-dealkylation sites (N-methyl/N-ethyl adjacent to an activating group) is 2. The number of alkyl halides is 3. The molecule has 0 spiro atoms. The van der Waals surface area contributed by atoms with Crippen LogP contribution in [0.3, 0.4) is 0 Å². The van der Waals surface area contributed by atoms with Crippen molar-refractivity contribution in [2.24, 2.45) is 0 Å². The normalized spacial score (nSPS) is 11.7. The Labute approximate surface area is 181 Å². The zero-order valence-corrected chi connectivity index (χ0v) is 17.8. The molecule has 0 radical (unpaired) electrons. The first-order chi connectivity index (χ1) is 14.7. The molecule has 164 valence electrons. The Hall–Kier alpha value is -2.98. The van der Waals surface area contributed by atoms with Gasteiger partial charge in [-0.1, -0.05) is 35.6 Å². The summed E-state index contributed by atoms with van der Waals surface area (Å²) in [5.74, 6) is -0.900. The molecule has 1 heterocycles. The fourth-order valence-corrected chi connectivity index (χ4v) is 4.09. The second-order valence-electron chi connectivity index (χ2n) is 6.87. The minimum atomic E-state index is -4.58. The van der Waals surface area contributed by atoms with Crippen molar-refractivity contribution in [2.75, 3.05) is 36.9 Å². The van der Waals surface area contributed by atoms with Gasteiger partial charge in [-0.15, -0.1) is 0 Å². The van der Waals surface area contributed by atoms with Gasteiger partial charge in [0.25, 0.3) is 0 Å². The molecule has 6 nitrogen and oxygen atoms in total. The van der Waals surface area contributed by atoms with Crippen molar-refractivity contribution in [1.29, 1.82) is 0 Å². The third-order valence-electron chi connectivity index (χ3n) is 4.46. The van der Waals surface area contributed by atoms with E-state index in [1.807, 2.05) is 31.2 Å². The average molecular weight is 450 g/mol. The van der Waals surface area contributed by atoms with Crippen LogP contribution < -0.4 is 10.2 Å². The van der Waals surface area contributed by atoms with E-state index in [1.54, 1.807) is 7.05 Å². The smallest absolute Gasteiger partial charge is 0.324 e. The summed E-state index contributed by atoms with van der Waals surface area (Å²) in [4.78, 5) is 32.5. The van der Waals surface area contributed by atoms with Crippen LogP contribution in [0.5, 0.6) is 0 Å². The number of hydrogen-bond acceptors (Lipinski definition) is 5. The summed E-state index contributed by atoms with van der Waals surface area (Å²) < 4.78 is 40.2. The Morgan fingerprint density at radius 3 is 2.42 bits per heavy atom. The number of anilines is 2. The fourth-order valence-electron chi connectivity index (χ4n) is 3.04. The molecule has 3 aromatic rings. The van der Waals surface area contributed by atoms with Crippen LogP contribution in [0.15, 0.2) is 48.5 Å². The van der Waals surface area contributed by atoms with Gasteiger partial charge in [0.2, 0.25) is 11.8 Å². The average Bonchev–Trinajstić information content (AvgIpc) is 3.11. The maximum Gasteiger partial charge on any atom is 0.418 e. The van der Waals surface area contributed by atoms with E-state index in [4.69, 9.17) is 0 Å². The number of carbonyl (C=O) groups is 2. The number of para-hydroxylation sites is 2. The Kier molecular flexibility index (Phi) is 6.91. The zero-order chi connectivity index (χ0) is 22.6. The van der Waals surface area contributed by atoms with Crippen LogP contribution in [-0.2, 0) is 15.8 Å². The van der Waals surface area contributed by atoms with Gasteiger partial charge in [0.05, 0.1) is 34.6 Å². The van der Waals surface area contributed by atoms with Gasteiger partial charge >= 0.3 is 6.18 Å². The number of halogens is 3. The first kappa shape index (κ1) is 22.7. The van der Waals surface area contributed by atoms with Crippen LogP contribution in [-0.4, -0.2) is 48.4 Å². The van der Waals surface area contributed by atoms with Gasteiger partial charge in [-0.25, -0.2) is 4.98 Å². The van der Waals surface area contributed by atoms with Crippen LogP contribution in [0.25, 0.3) is 10.2 Å². The molecule has 1 N–H and O–H groups in total. The second-order valence-corrected chi connectivity index (χ2v) is 7.88. The van der Waals surface area contributed by atoms with Crippen LogP contribution >= 0.6 is 11.3 Å². The third kappa shape index (κ3) is 5.59. The summed E-state index contributed by atoms with van der Waals surface area (Å²) in [7, 11) is 1.55. The lowest BCUT2D eigenvalue weighted by molar-refractivity contribution is -0.137. The molecule has 0 unspecified atom stereocenters. The van der Waals surface area contributed by atoms with E-state index in [1.165, 1.54) is 39.3 Å². The lowest BCUT2D eigenvalue weighted by atomic mass is 10.1. The predicted octanol–water partition coefficient (Wildman–Crippen LogP) is 4.24. The van der Waals surface area contributed by atoms with Crippen molar-refractivity contribution < 1.29 is 22.8 Å². The highest BCUT2D eigenvalue weighted by molar-refractivity contribution is 7.22. The Balaban J connectivity index is 1.62. The molecule has 10 heteroatoms. The van der Waals surface area contributed by atoms with E-state index in [-0.39, 0.29) is 24.7 Å². The van der Waals surface area contributed by atoms with Crippen molar-refractivity contribution in [3.8, 4) is 0 Å². The standard InChI is InChI=1S/C21H21F3N4O2S/c1-3-28(20-26-16-10-6-7-11-17(16)31-20)19(30)13-27(2)12-18(29)25-15-9-5-4-8-14(15)21(22,23)24/h4-11H,3,12-13H2,1-2H3,(H,25,29). The molecular formula is C21H21F3N4O2S. The summed E-state index contributed by atoms with van der Waals surface area (Å²) in [6.45, 7) is 1.90. The number of nitrogens with one attached hydrogen (secondary N) is 1. The van der Waals surface area contributed by atoms with Gasteiger partial charge < -0.3 is 5.32 Å². The first-order valence-electron chi connectivity index (χ1n) is 9.49. The lowest BCUT2D eigenvalue weighted by Crippen LogP contribution is -2.41. The molecular weight excluding hydrogens is 429 g/mol. The first-order valence-corrected chi connectivity index (χ1v) is 10.3. The molecule has 0 atom stereocenters. The Bertz CT molecular complexity index is 1050. The van der Waals surface area contributed by atoms with E-state index in [2.05, 4.69) is 10.3 Å². The van der Waals surface area contributed by atoms with Crippen LogP contribution in [0.1, 0.15) is 12.5 Å². The minimum Gasteiger partial charge on any atom is -0.324 e.